The van der Waals surface area contributed by atoms with Gasteiger partial charge in [-0.05, 0) is 37.7 Å². The van der Waals surface area contributed by atoms with Gasteiger partial charge in [-0.3, -0.25) is 0 Å². The molecule has 0 bridgehead atoms. The highest BCUT2D eigenvalue weighted by atomic mass is 15.1. The lowest BCUT2D eigenvalue weighted by Gasteiger charge is -2.23. The second kappa shape index (κ2) is 11.8. The molecule has 0 spiro atoms. The van der Waals surface area contributed by atoms with Crippen molar-refractivity contribution in [3.63, 3.8) is 0 Å². The highest BCUT2D eigenvalue weighted by Crippen LogP contribution is 2.16. The fourth-order valence-corrected chi connectivity index (χ4v) is 1.88. The van der Waals surface area contributed by atoms with Gasteiger partial charge in [0, 0.05) is 19.3 Å². The molecule has 2 heteroatoms. The summed E-state index contributed by atoms with van der Waals surface area (Å²) in [7, 11) is 0. The van der Waals surface area contributed by atoms with Gasteiger partial charge >= 0.3 is 0 Å². The molecule has 0 aromatic rings. The van der Waals surface area contributed by atoms with Gasteiger partial charge in [-0.15, -0.1) is 0 Å². The average molecular weight is 262 g/mol. The van der Waals surface area contributed by atoms with Gasteiger partial charge in [-0.2, -0.15) is 0 Å². The topological polar surface area (TPSA) is 15.6 Å². The molecule has 0 fully saturated rings. The van der Waals surface area contributed by atoms with Crippen LogP contribution in [0.15, 0.2) is 42.1 Å². The van der Waals surface area contributed by atoms with E-state index in [1.807, 2.05) is 12.4 Å². The second-order valence-corrected chi connectivity index (χ2v) is 5.03. The summed E-state index contributed by atoms with van der Waals surface area (Å²) < 4.78 is 0. The molecule has 0 N–H and O–H groups in total. The third-order valence-electron chi connectivity index (χ3n) is 3.31. The summed E-state index contributed by atoms with van der Waals surface area (Å²) in [6, 6.07) is 0. The summed E-state index contributed by atoms with van der Waals surface area (Å²) >= 11 is 0. The Bertz CT molecular complexity index is 302. The Labute approximate surface area is 119 Å². The Hall–Kier alpha value is -1.31. The van der Waals surface area contributed by atoms with Crippen LogP contribution in [0.1, 0.15) is 40.5 Å². The maximum absolute atomic E-state index is 4.27. The molecule has 108 valence electrons. The lowest BCUT2D eigenvalue weighted by molar-refractivity contribution is 0.345. The molecule has 0 aliphatic carbocycles. The number of rotatable bonds is 10. The van der Waals surface area contributed by atoms with Crippen molar-refractivity contribution in [2.24, 2.45) is 16.8 Å². The minimum atomic E-state index is 0.645. The Morgan fingerprint density at radius 2 is 2.00 bits per heavy atom. The van der Waals surface area contributed by atoms with Crippen molar-refractivity contribution in [3.8, 4) is 0 Å². The predicted octanol–water partition coefficient (Wildman–Crippen LogP) is 4.66. The third kappa shape index (κ3) is 9.29. The number of hydrogen-bond acceptors (Lipinski definition) is 1. The first-order chi connectivity index (χ1) is 9.15. The summed E-state index contributed by atoms with van der Waals surface area (Å²) in [6.07, 6.45) is 14.1. The van der Waals surface area contributed by atoms with Gasteiger partial charge < -0.3 is 4.90 Å². The van der Waals surface area contributed by atoms with E-state index in [0.29, 0.717) is 11.8 Å². The Kier molecular flexibility index (Phi) is 11.0. The summed E-state index contributed by atoms with van der Waals surface area (Å²) in [4.78, 5) is 6.57. The van der Waals surface area contributed by atoms with Crippen LogP contribution in [0.4, 0.5) is 0 Å². The largest absolute Gasteiger partial charge is 0.363 e. The summed E-state index contributed by atoms with van der Waals surface area (Å²) in [5, 5.41) is 0. The Morgan fingerprint density at radius 3 is 2.58 bits per heavy atom. The first-order valence-corrected chi connectivity index (χ1v) is 7.33. The van der Waals surface area contributed by atoms with E-state index in [4.69, 9.17) is 0 Å². The SMILES string of the molecule is C=C/C=C\N=CN(CCC)CCC(C)C(C)/C=C\C. The molecule has 0 aromatic heterocycles. The number of hydrogen-bond donors (Lipinski definition) is 0. The first-order valence-electron chi connectivity index (χ1n) is 7.33. The molecule has 0 radical (unpaired) electrons. The Balaban J connectivity index is 4.23. The maximum Gasteiger partial charge on any atom is 0.0904 e. The highest BCUT2D eigenvalue weighted by molar-refractivity contribution is 5.55. The number of nitrogens with zero attached hydrogens (tertiary/aromatic N) is 2. The van der Waals surface area contributed by atoms with Crippen molar-refractivity contribution in [2.45, 2.75) is 40.5 Å². The quantitative estimate of drug-likeness (QED) is 0.242. The molecule has 2 atom stereocenters. The van der Waals surface area contributed by atoms with Crippen LogP contribution in [0.2, 0.25) is 0 Å². The van der Waals surface area contributed by atoms with E-state index >= 15 is 0 Å². The molecule has 0 rings (SSSR count). The second-order valence-electron chi connectivity index (χ2n) is 5.03. The zero-order valence-electron chi connectivity index (χ0n) is 13.0. The van der Waals surface area contributed by atoms with Crippen molar-refractivity contribution >= 4 is 6.34 Å². The molecule has 2 nitrogen and oxygen atoms in total. The molecular formula is C17H30N2. The van der Waals surface area contributed by atoms with Crippen LogP contribution in [-0.4, -0.2) is 24.3 Å². The zero-order valence-corrected chi connectivity index (χ0v) is 13.0. The number of aliphatic imine (C=N–C) groups is 1. The van der Waals surface area contributed by atoms with Crippen LogP contribution in [0, 0.1) is 11.8 Å². The summed E-state index contributed by atoms with van der Waals surface area (Å²) in [5.41, 5.74) is 0. The van der Waals surface area contributed by atoms with E-state index in [9.17, 15) is 0 Å². The summed E-state index contributed by atoms with van der Waals surface area (Å²) in [6.45, 7) is 14.7. The average Bonchev–Trinajstić information content (AvgIpc) is 2.40. The predicted molar refractivity (Wildman–Crippen MR) is 87.5 cm³/mol. The molecule has 19 heavy (non-hydrogen) atoms. The van der Waals surface area contributed by atoms with E-state index in [2.05, 4.69) is 56.3 Å². The molecule has 0 heterocycles. The van der Waals surface area contributed by atoms with E-state index < -0.39 is 0 Å². The molecule has 0 aliphatic rings. The van der Waals surface area contributed by atoms with Crippen molar-refractivity contribution in [3.05, 3.63) is 37.1 Å². The van der Waals surface area contributed by atoms with Gasteiger partial charge in [0.25, 0.3) is 0 Å². The minimum absolute atomic E-state index is 0.645. The Morgan fingerprint density at radius 1 is 1.26 bits per heavy atom. The molecule has 0 saturated heterocycles. The lowest BCUT2D eigenvalue weighted by Crippen LogP contribution is -2.26. The highest BCUT2D eigenvalue weighted by Gasteiger charge is 2.10. The molecule has 0 amide bonds. The van der Waals surface area contributed by atoms with Crippen molar-refractivity contribution in [1.29, 1.82) is 0 Å². The molecular weight excluding hydrogens is 232 g/mol. The molecule has 0 aromatic carbocycles. The van der Waals surface area contributed by atoms with Crippen LogP contribution in [0.5, 0.6) is 0 Å². The minimum Gasteiger partial charge on any atom is -0.363 e. The van der Waals surface area contributed by atoms with Crippen LogP contribution in [0.25, 0.3) is 0 Å². The van der Waals surface area contributed by atoms with E-state index in [0.717, 1.165) is 19.5 Å². The van der Waals surface area contributed by atoms with Crippen LogP contribution >= 0.6 is 0 Å². The van der Waals surface area contributed by atoms with Crippen LogP contribution < -0.4 is 0 Å². The van der Waals surface area contributed by atoms with Gasteiger partial charge in [0.05, 0.1) is 6.34 Å². The van der Waals surface area contributed by atoms with Crippen molar-refractivity contribution in [2.75, 3.05) is 13.1 Å². The molecule has 2 unspecified atom stereocenters. The van der Waals surface area contributed by atoms with Gasteiger partial charge in [-0.1, -0.05) is 45.6 Å². The van der Waals surface area contributed by atoms with Crippen molar-refractivity contribution < 1.29 is 0 Å². The van der Waals surface area contributed by atoms with Crippen molar-refractivity contribution in [1.82, 2.24) is 4.90 Å². The summed E-state index contributed by atoms with van der Waals surface area (Å²) in [5.74, 6) is 1.35. The molecule has 0 aliphatic heterocycles. The van der Waals surface area contributed by atoms with Gasteiger partial charge in [-0.25, -0.2) is 4.99 Å². The van der Waals surface area contributed by atoms with E-state index in [1.165, 1.54) is 6.42 Å². The first kappa shape index (κ1) is 17.7. The van der Waals surface area contributed by atoms with Gasteiger partial charge in [0.2, 0.25) is 0 Å². The van der Waals surface area contributed by atoms with E-state index in [-0.39, 0.29) is 0 Å². The third-order valence-corrected chi connectivity index (χ3v) is 3.31. The standard InChI is InChI=1S/C17H30N2/c1-6-9-12-18-15-19(13-8-3)14-11-17(5)16(4)10-7-2/h6-7,9-10,12,15-17H,1,8,11,13-14H2,2-5H3/b10-7-,12-9-,18-15?. The fraction of sp³-hybridized carbons (Fsp3) is 0.588. The number of allylic oxidation sites excluding steroid dienone is 4. The van der Waals surface area contributed by atoms with Gasteiger partial charge in [0.15, 0.2) is 0 Å². The van der Waals surface area contributed by atoms with Crippen LogP contribution in [0.3, 0.4) is 0 Å². The maximum atomic E-state index is 4.27. The lowest BCUT2D eigenvalue weighted by atomic mass is 9.92. The van der Waals surface area contributed by atoms with Crippen LogP contribution in [-0.2, 0) is 0 Å². The fourth-order valence-electron chi connectivity index (χ4n) is 1.88. The monoisotopic (exact) mass is 262 g/mol. The smallest absolute Gasteiger partial charge is 0.0904 e. The normalized spacial score (nSPS) is 15.4. The zero-order chi connectivity index (χ0) is 14.5. The molecule has 0 saturated carbocycles. The van der Waals surface area contributed by atoms with Gasteiger partial charge in [0.1, 0.15) is 0 Å². The van der Waals surface area contributed by atoms with E-state index in [1.54, 1.807) is 12.3 Å².